The second-order valence-corrected chi connectivity index (χ2v) is 6.90. The molecule has 3 rings (SSSR count). The highest BCUT2D eigenvalue weighted by atomic mass is 19.1. The molecular weight excluding hydrogens is 279 g/mol. The molecule has 1 aromatic rings. The van der Waals surface area contributed by atoms with E-state index in [2.05, 4.69) is 0 Å². The maximum absolute atomic E-state index is 13.7. The molecule has 22 heavy (non-hydrogen) atoms. The van der Waals surface area contributed by atoms with E-state index >= 15 is 0 Å². The Bertz CT molecular complexity index is 542. The van der Waals surface area contributed by atoms with E-state index in [0.29, 0.717) is 5.92 Å². The van der Waals surface area contributed by atoms with Crippen molar-refractivity contribution in [1.29, 1.82) is 0 Å². The predicted molar refractivity (Wildman–Crippen MR) is 84.8 cm³/mol. The average molecular weight is 304 g/mol. The van der Waals surface area contributed by atoms with Crippen LogP contribution in [0.2, 0.25) is 0 Å². The van der Waals surface area contributed by atoms with E-state index in [4.69, 9.17) is 5.73 Å². The summed E-state index contributed by atoms with van der Waals surface area (Å²) in [7, 11) is 0. The zero-order chi connectivity index (χ0) is 15.6. The molecule has 0 spiro atoms. The highest BCUT2D eigenvalue weighted by molar-refractivity contribution is 5.87. The molecule has 0 aromatic heterocycles. The lowest BCUT2D eigenvalue weighted by Gasteiger charge is -2.43. The second kappa shape index (κ2) is 6.37. The van der Waals surface area contributed by atoms with E-state index in [1.807, 2.05) is 17.0 Å². The van der Waals surface area contributed by atoms with E-state index < -0.39 is 5.54 Å². The molecule has 1 atom stereocenters. The number of piperidine rings is 1. The fraction of sp³-hybridized carbons (Fsp3) is 0.611. The molecule has 2 N–H and O–H groups in total. The van der Waals surface area contributed by atoms with Crippen molar-refractivity contribution in [3.63, 3.8) is 0 Å². The number of hydrogen-bond acceptors (Lipinski definition) is 2. The molecule has 1 aliphatic heterocycles. The molecule has 3 nitrogen and oxygen atoms in total. The first-order valence-corrected chi connectivity index (χ1v) is 8.40. The molecule has 1 heterocycles. The van der Waals surface area contributed by atoms with E-state index in [1.165, 1.54) is 6.07 Å². The molecule has 120 valence electrons. The quantitative estimate of drug-likeness (QED) is 0.929. The summed E-state index contributed by atoms with van der Waals surface area (Å²) < 4.78 is 13.7. The first-order chi connectivity index (χ1) is 10.6. The third-order valence-electron chi connectivity index (χ3n) is 5.26. The fourth-order valence-electron chi connectivity index (χ4n) is 3.63. The van der Waals surface area contributed by atoms with Crippen molar-refractivity contribution in [2.24, 2.45) is 11.7 Å². The summed E-state index contributed by atoms with van der Waals surface area (Å²) in [4.78, 5) is 14.5. The summed E-state index contributed by atoms with van der Waals surface area (Å²) in [5.41, 5.74) is 6.35. The summed E-state index contributed by atoms with van der Waals surface area (Å²) in [6.45, 7) is 1.61. The highest BCUT2D eigenvalue weighted by Gasteiger charge is 2.43. The van der Waals surface area contributed by atoms with Gasteiger partial charge in [-0.1, -0.05) is 18.2 Å². The SMILES string of the molecule is NC1(C(=O)N2CCCC(CCc3ccccc3F)C2)CCC1. The van der Waals surface area contributed by atoms with E-state index in [1.54, 1.807) is 6.07 Å². The molecule has 1 amide bonds. The van der Waals surface area contributed by atoms with Crippen LogP contribution in [0.3, 0.4) is 0 Å². The van der Waals surface area contributed by atoms with Crippen molar-refractivity contribution >= 4 is 5.91 Å². The molecule has 1 saturated carbocycles. The number of likely N-dealkylation sites (tertiary alicyclic amines) is 1. The van der Waals surface area contributed by atoms with Crippen molar-refractivity contribution < 1.29 is 9.18 Å². The topological polar surface area (TPSA) is 46.3 Å². The molecule has 1 aromatic carbocycles. The minimum atomic E-state index is -0.590. The Balaban J connectivity index is 1.55. The van der Waals surface area contributed by atoms with Crippen molar-refractivity contribution in [1.82, 2.24) is 4.90 Å². The van der Waals surface area contributed by atoms with Crippen molar-refractivity contribution in [2.45, 2.75) is 50.5 Å². The lowest BCUT2D eigenvalue weighted by molar-refractivity contribution is -0.142. The number of rotatable bonds is 4. The van der Waals surface area contributed by atoms with Gasteiger partial charge in [-0.2, -0.15) is 0 Å². The van der Waals surface area contributed by atoms with Crippen LogP contribution in [0.5, 0.6) is 0 Å². The Morgan fingerprint density at radius 2 is 2.09 bits per heavy atom. The zero-order valence-corrected chi connectivity index (χ0v) is 13.1. The van der Waals surface area contributed by atoms with Crippen LogP contribution < -0.4 is 5.73 Å². The molecule has 4 heteroatoms. The van der Waals surface area contributed by atoms with Crippen LogP contribution >= 0.6 is 0 Å². The van der Waals surface area contributed by atoms with Crippen molar-refractivity contribution in [3.05, 3.63) is 35.6 Å². The van der Waals surface area contributed by atoms with Gasteiger partial charge >= 0.3 is 0 Å². The maximum Gasteiger partial charge on any atom is 0.242 e. The highest BCUT2D eigenvalue weighted by Crippen LogP contribution is 2.33. The summed E-state index contributed by atoms with van der Waals surface area (Å²) in [6, 6.07) is 6.97. The predicted octanol–water partition coefficient (Wildman–Crippen LogP) is 2.88. The Labute approximate surface area is 131 Å². The van der Waals surface area contributed by atoms with Crippen LogP contribution in [-0.4, -0.2) is 29.4 Å². The number of aryl methyl sites for hydroxylation is 1. The van der Waals surface area contributed by atoms with Crippen LogP contribution in [0.1, 0.15) is 44.1 Å². The summed E-state index contributed by atoms with van der Waals surface area (Å²) >= 11 is 0. The number of halogens is 1. The number of benzene rings is 1. The van der Waals surface area contributed by atoms with Gasteiger partial charge in [-0.05, 0) is 62.5 Å². The number of amides is 1. The molecule has 0 radical (unpaired) electrons. The maximum atomic E-state index is 13.7. The molecule has 2 fully saturated rings. The Kier molecular flexibility index (Phi) is 4.48. The van der Waals surface area contributed by atoms with Gasteiger partial charge in [0.2, 0.25) is 5.91 Å². The third kappa shape index (κ3) is 3.17. The standard InChI is InChI=1S/C18H25FN2O/c19-16-7-2-1-6-15(16)9-8-14-5-3-12-21(13-14)17(22)18(20)10-4-11-18/h1-2,6-7,14H,3-5,8-13,20H2. The molecular formula is C18H25FN2O. The Morgan fingerprint density at radius 1 is 1.32 bits per heavy atom. The molecule has 1 unspecified atom stereocenters. The van der Waals surface area contributed by atoms with Crippen LogP contribution in [0.4, 0.5) is 4.39 Å². The normalized spacial score (nSPS) is 23.9. The lowest BCUT2D eigenvalue weighted by Crippen LogP contribution is -2.60. The van der Waals surface area contributed by atoms with Gasteiger partial charge in [0.05, 0.1) is 5.54 Å². The number of hydrogen-bond donors (Lipinski definition) is 1. The van der Waals surface area contributed by atoms with Crippen LogP contribution in [0.25, 0.3) is 0 Å². The van der Waals surface area contributed by atoms with Crippen LogP contribution in [0, 0.1) is 11.7 Å². The number of nitrogens with zero attached hydrogens (tertiary/aromatic N) is 1. The van der Waals surface area contributed by atoms with Gasteiger partial charge in [-0.25, -0.2) is 4.39 Å². The minimum absolute atomic E-state index is 0.123. The molecule has 1 aliphatic carbocycles. The van der Waals surface area contributed by atoms with Gasteiger partial charge in [0.15, 0.2) is 0 Å². The monoisotopic (exact) mass is 304 g/mol. The first-order valence-electron chi connectivity index (χ1n) is 8.40. The number of carbonyl (C=O) groups is 1. The third-order valence-corrected chi connectivity index (χ3v) is 5.26. The molecule has 2 aliphatic rings. The Morgan fingerprint density at radius 3 is 2.77 bits per heavy atom. The first kappa shape index (κ1) is 15.5. The van der Waals surface area contributed by atoms with Gasteiger partial charge in [0.1, 0.15) is 5.82 Å². The number of carbonyl (C=O) groups excluding carboxylic acids is 1. The van der Waals surface area contributed by atoms with Crippen LogP contribution in [0.15, 0.2) is 24.3 Å². The zero-order valence-electron chi connectivity index (χ0n) is 13.1. The number of nitrogens with two attached hydrogens (primary N) is 1. The van der Waals surface area contributed by atoms with E-state index in [-0.39, 0.29) is 11.7 Å². The van der Waals surface area contributed by atoms with E-state index in [0.717, 1.165) is 63.6 Å². The van der Waals surface area contributed by atoms with Crippen molar-refractivity contribution in [2.75, 3.05) is 13.1 Å². The van der Waals surface area contributed by atoms with Gasteiger partial charge in [0.25, 0.3) is 0 Å². The minimum Gasteiger partial charge on any atom is -0.341 e. The Hall–Kier alpha value is -1.42. The van der Waals surface area contributed by atoms with E-state index in [9.17, 15) is 9.18 Å². The summed E-state index contributed by atoms with van der Waals surface area (Å²) in [5, 5.41) is 0. The van der Waals surface area contributed by atoms with Gasteiger partial charge in [-0.3, -0.25) is 4.79 Å². The average Bonchev–Trinajstić information content (AvgIpc) is 2.51. The smallest absolute Gasteiger partial charge is 0.242 e. The van der Waals surface area contributed by atoms with Gasteiger partial charge in [0, 0.05) is 13.1 Å². The molecule has 0 bridgehead atoms. The van der Waals surface area contributed by atoms with Crippen molar-refractivity contribution in [3.8, 4) is 0 Å². The molecule has 1 saturated heterocycles. The largest absolute Gasteiger partial charge is 0.341 e. The summed E-state index contributed by atoms with van der Waals surface area (Å²) in [5.74, 6) is 0.469. The fourth-order valence-corrected chi connectivity index (χ4v) is 3.63. The van der Waals surface area contributed by atoms with Gasteiger partial charge in [-0.15, -0.1) is 0 Å². The summed E-state index contributed by atoms with van der Waals surface area (Å²) in [6.07, 6.45) is 6.53. The lowest BCUT2D eigenvalue weighted by atomic mass is 9.76. The van der Waals surface area contributed by atoms with Crippen LogP contribution in [-0.2, 0) is 11.2 Å². The van der Waals surface area contributed by atoms with Gasteiger partial charge < -0.3 is 10.6 Å². The second-order valence-electron chi connectivity index (χ2n) is 6.90.